The van der Waals surface area contributed by atoms with Crippen molar-refractivity contribution in [2.45, 2.75) is 25.8 Å². The topological polar surface area (TPSA) is 63.5 Å². The summed E-state index contributed by atoms with van der Waals surface area (Å²) in [6.07, 6.45) is 2.02. The fourth-order valence-corrected chi connectivity index (χ4v) is 2.09. The van der Waals surface area contributed by atoms with E-state index >= 15 is 0 Å². The van der Waals surface area contributed by atoms with Crippen LogP contribution in [0.15, 0.2) is 18.2 Å². The summed E-state index contributed by atoms with van der Waals surface area (Å²) in [5.41, 5.74) is 0.0919. The summed E-state index contributed by atoms with van der Waals surface area (Å²) in [4.78, 5) is 24.1. The highest BCUT2D eigenvalue weighted by atomic mass is 35.5. The van der Waals surface area contributed by atoms with Gasteiger partial charge in [-0.25, -0.2) is 0 Å². The average Bonchev–Trinajstić information content (AvgIpc) is 3.14. The van der Waals surface area contributed by atoms with Gasteiger partial charge in [-0.3, -0.25) is 14.9 Å². The van der Waals surface area contributed by atoms with E-state index in [2.05, 4.69) is 0 Å². The number of halogens is 1. The SMILES string of the molecule is CCN(C(=O)c1ccc(Cl)c([N+](=O)[O-])c1)C1CC1. The van der Waals surface area contributed by atoms with E-state index in [9.17, 15) is 14.9 Å². The van der Waals surface area contributed by atoms with E-state index in [1.165, 1.54) is 18.2 Å². The molecule has 1 saturated carbocycles. The molecule has 6 heteroatoms. The number of carbonyl (C=O) groups is 1. The summed E-state index contributed by atoms with van der Waals surface area (Å²) >= 11 is 5.72. The Labute approximate surface area is 109 Å². The Balaban J connectivity index is 2.30. The Bertz CT molecular complexity index is 500. The number of hydrogen-bond donors (Lipinski definition) is 0. The van der Waals surface area contributed by atoms with Gasteiger partial charge >= 0.3 is 0 Å². The van der Waals surface area contributed by atoms with Gasteiger partial charge < -0.3 is 4.90 Å². The largest absolute Gasteiger partial charge is 0.336 e. The van der Waals surface area contributed by atoms with Crippen LogP contribution in [0.5, 0.6) is 0 Å². The second-order valence-corrected chi connectivity index (χ2v) is 4.65. The molecular weight excluding hydrogens is 256 g/mol. The summed E-state index contributed by atoms with van der Waals surface area (Å²) in [5.74, 6) is -0.167. The molecule has 1 fully saturated rings. The van der Waals surface area contributed by atoms with Crippen LogP contribution in [0, 0.1) is 10.1 Å². The molecular formula is C12H13ClN2O3. The van der Waals surface area contributed by atoms with Crippen molar-refractivity contribution in [3.8, 4) is 0 Å². The third-order valence-corrected chi connectivity index (χ3v) is 3.30. The standard InChI is InChI=1S/C12H13ClN2O3/c1-2-14(9-4-5-9)12(16)8-3-6-10(13)11(7-8)15(17)18/h3,6-7,9H,2,4-5H2,1H3. The van der Waals surface area contributed by atoms with E-state index in [4.69, 9.17) is 11.6 Å². The minimum absolute atomic E-state index is 0.0472. The van der Waals surface area contributed by atoms with E-state index in [1.54, 1.807) is 4.90 Å². The molecule has 0 aromatic heterocycles. The molecule has 1 aromatic carbocycles. The minimum atomic E-state index is -0.577. The fraction of sp³-hybridized carbons (Fsp3) is 0.417. The molecule has 0 radical (unpaired) electrons. The summed E-state index contributed by atoms with van der Waals surface area (Å²) in [6, 6.07) is 4.46. The zero-order valence-electron chi connectivity index (χ0n) is 9.93. The number of amides is 1. The number of hydrogen-bond acceptors (Lipinski definition) is 3. The van der Waals surface area contributed by atoms with Gasteiger partial charge in [0.25, 0.3) is 11.6 Å². The second kappa shape index (κ2) is 4.94. The summed E-state index contributed by atoms with van der Waals surface area (Å²) in [5, 5.41) is 10.8. The van der Waals surface area contributed by atoms with Gasteiger partial charge in [0.05, 0.1) is 4.92 Å². The van der Waals surface area contributed by atoms with Crippen molar-refractivity contribution in [2.24, 2.45) is 0 Å². The summed E-state index contributed by atoms with van der Waals surface area (Å²) in [6.45, 7) is 2.51. The van der Waals surface area contributed by atoms with Crippen molar-refractivity contribution in [3.63, 3.8) is 0 Å². The van der Waals surface area contributed by atoms with E-state index in [1.807, 2.05) is 6.92 Å². The van der Waals surface area contributed by atoms with Gasteiger partial charge in [0.1, 0.15) is 5.02 Å². The molecule has 0 spiro atoms. The number of nitro groups is 1. The Kier molecular flexibility index (Phi) is 3.52. The molecule has 96 valence electrons. The van der Waals surface area contributed by atoms with E-state index in [-0.39, 0.29) is 22.7 Å². The highest BCUT2D eigenvalue weighted by Crippen LogP contribution is 2.30. The molecule has 1 aromatic rings. The van der Waals surface area contributed by atoms with Gasteiger partial charge in [-0.05, 0) is 31.9 Å². The molecule has 18 heavy (non-hydrogen) atoms. The van der Waals surface area contributed by atoms with Crippen LogP contribution in [0.4, 0.5) is 5.69 Å². The van der Waals surface area contributed by atoms with Crippen molar-refractivity contribution in [2.75, 3.05) is 6.54 Å². The van der Waals surface area contributed by atoms with Gasteiger partial charge in [0.2, 0.25) is 0 Å². The van der Waals surface area contributed by atoms with Crippen LogP contribution in [-0.2, 0) is 0 Å². The molecule has 1 aliphatic rings. The Morgan fingerprint density at radius 1 is 1.56 bits per heavy atom. The molecule has 0 N–H and O–H groups in total. The predicted molar refractivity (Wildman–Crippen MR) is 67.8 cm³/mol. The molecule has 5 nitrogen and oxygen atoms in total. The lowest BCUT2D eigenvalue weighted by atomic mass is 10.1. The quantitative estimate of drug-likeness (QED) is 0.623. The van der Waals surface area contributed by atoms with Gasteiger partial charge in [-0.1, -0.05) is 11.6 Å². The smallest absolute Gasteiger partial charge is 0.288 e. The number of rotatable bonds is 4. The maximum atomic E-state index is 12.2. The van der Waals surface area contributed by atoms with Crippen LogP contribution in [0.2, 0.25) is 5.02 Å². The lowest BCUT2D eigenvalue weighted by Gasteiger charge is -2.20. The molecule has 0 unspecified atom stereocenters. The second-order valence-electron chi connectivity index (χ2n) is 4.25. The van der Waals surface area contributed by atoms with Crippen molar-refractivity contribution >= 4 is 23.2 Å². The molecule has 1 aliphatic carbocycles. The van der Waals surface area contributed by atoms with E-state index in [0.717, 1.165) is 12.8 Å². The van der Waals surface area contributed by atoms with Crippen LogP contribution >= 0.6 is 11.6 Å². The van der Waals surface area contributed by atoms with Crippen LogP contribution in [-0.4, -0.2) is 28.3 Å². The predicted octanol–water partition coefficient (Wildman–Crippen LogP) is 2.87. The maximum Gasteiger partial charge on any atom is 0.288 e. The Morgan fingerprint density at radius 2 is 2.22 bits per heavy atom. The van der Waals surface area contributed by atoms with Gasteiger partial charge in [0, 0.05) is 24.2 Å². The number of benzene rings is 1. The summed E-state index contributed by atoms with van der Waals surface area (Å²) < 4.78 is 0. The first-order valence-corrected chi connectivity index (χ1v) is 6.17. The molecule has 0 heterocycles. The minimum Gasteiger partial charge on any atom is -0.336 e. The number of carbonyl (C=O) groups excluding carboxylic acids is 1. The van der Waals surface area contributed by atoms with Gasteiger partial charge in [-0.2, -0.15) is 0 Å². The highest BCUT2D eigenvalue weighted by Gasteiger charge is 2.32. The number of nitro benzene ring substituents is 1. The van der Waals surface area contributed by atoms with Crippen LogP contribution in [0.25, 0.3) is 0 Å². The van der Waals surface area contributed by atoms with Gasteiger partial charge in [-0.15, -0.1) is 0 Å². The molecule has 0 saturated heterocycles. The lowest BCUT2D eigenvalue weighted by molar-refractivity contribution is -0.384. The van der Waals surface area contributed by atoms with E-state index in [0.29, 0.717) is 12.1 Å². The maximum absolute atomic E-state index is 12.2. The van der Waals surface area contributed by atoms with Crippen LogP contribution < -0.4 is 0 Å². The Morgan fingerprint density at radius 3 is 2.72 bits per heavy atom. The lowest BCUT2D eigenvalue weighted by Crippen LogP contribution is -2.32. The van der Waals surface area contributed by atoms with Crippen LogP contribution in [0.1, 0.15) is 30.1 Å². The zero-order valence-corrected chi connectivity index (χ0v) is 10.7. The molecule has 1 amide bonds. The van der Waals surface area contributed by atoms with Crippen LogP contribution in [0.3, 0.4) is 0 Å². The monoisotopic (exact) mass is 268 g/mol. The number of nitrogens with zero attached hydrogens (tertiary/aromatic N) is 2. The summed E-state index contributed by atoms with van der Waals surface area (Å²) in [7, 11) is 0. The van der Waals surface area contributed by atoms with Crippen molar-refractivity contribution < 1.29 is 9.72 Å². The third-order valence-electron chi connectivity index (χ3n) is 2.98. The van der Waals surface area contributed by atoms with Crippen molar-refractivity contribution in [3.05, 3.63) is 38.9 Å². The fourth-order valence-electron chi connectivity index (χ4n) is 1.91. The molecule has 0 aliphatic heterocycles. The molecule has 2 rings (SSSR count). The third kappa shape index (κ3) is 2.46. The van der Waals surface area contributed by atoms with Crippen molar-refractivity contribution in [1.82, 2.24) is 4.90 Å². The molecule has 0 bridgehead atoms. The normalized spacial score (nSPS) is 14.3. The van der Waals surface area contributed by atoms with E-state index < -0.39 is 4.92 Å². The first-order valence-electron chi connectivity index (χ1n) is 5.79. The van der Waals surface area contributed by atoms with Crippen molar-refractivity contribution in [1.29, 1.82) is 0 Å². The first-order chi connectivity index (χ1) is 8.54. The zero-order chi connectivity index (χ0) is 13.3. The highest BCUT2D eigenvalue weighted by molar-refractivity contribution is 6.32. The first kappa shape index (κ1) is 12.8. The molecule has 0 atom stereocenters. The van der Waals surface area contributed by atoms with Gasteiger partial charge in [0.15, 0.2) is 0 Å². The Hall–Kier alpha value is -1.62. The average molecular weight is 269 g/mol.